The first kappa shape index (κ1) is 20.0. The van der Waals surface area contributed by atoms with Crippen LogP contribution in [0.25, 0.3) is 10.7 Å². The van der Waals surface area contributed by atoms with E-state index in [1.807, 2.05) is 71.6 Å². The lowest BCUT2D eigenvalue weighted by Crippen LogP contribution is -2.32. The Morgan fingerprint density at radius 1 is 1.00 bits per heavy atom. The number of thiophene rings is 1. The fourth-order valence-electron chi connectivity index (χ4n) is 3.51. The molecule has 1 fully saturated rings. The molecule has 0 saturated heterocycles. The highest BCUT2D eigenvalue weighted by Crippen LogP contribution is 2.41. The van der Waals surface area contributed by atoms with Gasteiger partial charge in [0.05, 0.1) is 17.2 Å². The van der Waals surface area contributed by atoms with Gasteiger partial charge in [0.25, 0.3) is 0 Å². The van der Waals surface area contributed by atoms with Crippen LogP contribution in [0.3, 0.4) is 0 Å². The van der Waals surface area contributed by atoms with Crippen LogP contribution in [-0.4, -0.2) is 26.4 Å². The van der Waals surface area contributed by atoms with Crippen molar-refractivity contribution in [2.75, 3.05) is 10.7 Å². The standard InChI is InChI=1S/C24H22N4OS2/c29-22(27(19-10-5-2-6-11-19)16-18-8-3-1-4-9-18)17-31-24-26-25-23(21-12-7-15-30-21)28(24)20-13-14-20/h1-12,15,20H,13-14,16-17H2. The third-order valence-electron chi connectivity index (χ3n) is 5.20. The lowest BCUT2D eigenvalue weighted by atomic mass is 10.2. The molecule has 2 heterocycles. The van der Waals surface area contributed by atoms with Crippen LogP contribution in [0.1, 0.15) is 24.4 Å². The predicted molar refractivity (Wildman–Crippen MR) is 126 cm³/mol. The van der Waals surface area contributed by atoms with E-state index in [1.54, 1.807) is 11.3 Å². The Labute approximate surface area is 189 Å². The number of hydrogen-bond acceptors (Lipinski definition) is 5. The molecule has 0 aliphatic heterocycles. The van der Waals surface area contributed by atoms with Gasteiger partial charge in [-0.25, -0.2) is 0 Å². The van der Waals surface area contributed by atoms with Gasteiger partial charge in [0.2, 0.25) is 5.91 Å². The van der Waals surface area contributed by atoms with Crippen LogP contribution < -0.4 is 4.90 Å². The van der Waals surface area contributed by atoms with E-state index in [-0.39, 0.29) is 5.91 Å². The number of nitrogens with zero attached hydrogens (tertiary/aromatic N) is 4. The Hall–Kier alpha value is -2.90. The van der Waals surface area contributed by atoms with Crippen molar-refractivity contribution in [3.63, 3.8) is 0 Å². The summed E-state index contributed by atoms with van der Waals surface area (Å²) in [6.45, 7) is 0.542. The van der Waals surface area contributed by atoms with Crippen molar-refractivity contribution in [3.05, 3.63) is 83.7 Å². The number of anilines is 1. The topological polar surface area (TPSA) is 51.0 Å². The molecule has 1 amide bonds. The first-order valence-electron chi connectivity index (χ1n) is 10.3. The van der Waals surface area contributed by atoms with Crippen molar-refractivity contribution >= 4 is 34.7 Å². The van der Waals surface area contributed by atoms with E-state index in [9.17, 15) is 4.79 Å². The minimum Gasteiger partial charge on any atom is -0.307 e. The molecule has 0 N–H and O–H groups in total. The van der Waals surface area contributed by atoms with Gasteiger partial charge in [-0.3, -0.25) is 9.36 Å². The van der Waals surface area contributed by atoms with Crippen LogP contribution in [0.2, 0.25) is 0 Å². The second kappa shape index (κ2) is 9.08. The van der Waals surface area contributed by atoms with Crippen LogP contribution >= 0.6 is 23.1 Å². The van der Waals surface area contributed by atoms with E-state index in [1.165, 1.54) is 11.8 Å². The number of aromatic nitrogens is 3. The van der Waals surface area contributed by atoms with Gasteiger partial charge in [-0.2, -0.15) is 0 Å². The Morgan fingerprint density at radius 2 is 1.74 bits per heavy atom. The van der Waals surface area contributed by atoms with E-state index in [0.29, 0.717) is 18.3 Å². The molecule has 7 heteroatoms. The second-order valence-corrected chi connectivity index (χ2v) is 9.36. The summed E-state index contributed by atoms with van der Waals surface area (Å²) in [7, 11) is 0. The zero-order chi connectivity index (χ0) is 21.0. The van der Waals surface area contributed by atoms with E-state index in [0.717, 1.165) is 40.0 Å². The zero-order valence-corrected chi connectivity index (χ0v) is 18.6. The van der Waals surface area contributed by atoms with Gasteiger partial charge in [0, 0.05) is 11.7 Å². The summed E-state index contributed by atoms with van der Waals surface area (Å²) in [5.74, 6) is 1.29. The quantitative estimate of drug-likeness (QED) is 0.327. The second-order valence-electron chi connectivity index (χ2n) is 7.47. The lowest BCUT2D eigenvalue weighted by molar-refractivity contribution is -0.116. The molecule has 2 aromatic heterocycles. The van der Waals surface area contributed by atoms with Gasteiger partial charge in [-0.15, -0.1) is 21.5 Å². The molecule has 4 aromatic rings. The number of para-hydroxylation sites is 1. The van der Waals surface area contributed by atoms with Crippen LogP contribution in [0.5, 0.6) is 0 Å². The summed E-state index contributed by atoms with van der Waals surface area (Å²) >= 11 is 3.15. The van der Waals surface area contributed by atoms with Gasteiger partial charge in [0.15, 0.2) is 11.0 Å². The number of benzene rings is 2. The Kier molecular flexibility index (Phi) is 5.86. The maximum Gasteiger partial charge on any atom is 0.237 e. The minimum atomic E-state index is 0.0584. The Bertz CT molecular complexity index is 1140. The predicted octanol–water partition coefficient (Wildman–Crippen LogP) is 5.67. The molecule has 0 atom stereocenters. The molecule has 0 unspecified atom stereocenters. The third-order valence-corrected chi connectivity index (χ3v) is 6.99. The van der Waals surface area contributed by atoms with Crippen molar-refractivity contribution in [1.82, 2.24) is 14.8 Å². The molecule has 5 rings (SSSR count). The average Bonchev–Trinajstić information content (AvgIpc) is 3.33. The van der Waals surface area contributed by atoms with Crippen LogP contribution in [0.4, 0.5) is 5.69 Å². The van der Waals surface area contributed by atoms with Gasteiger partial charge in [-0.1, -0.05) is 66.4 Å². The molecule has 31 heavy (non-hydrogen) atoms. The third kappa shape index (κ3) is 4.57. The van der Waals surface area contributed by atoms with E-state index >= 15 is 0 Å². The van der Waals surface area contributed by atoms with Crippen molar-refractivity contribution in [2.45, 2.75) is 30.6 Å². The highest BCUT2D eigenvalue weighted by Gasteiger charge is 2.31. The largest absolute Gasteiger partial charge is 0.307 e. The SMILES string of the molecule is O=C(CSc1nnc(-c2cccs2)n1C1CC1)N(Cc1ccccc1)c1ccccc1. The van der Waals surface area contributed by atoms with E-state index in [4.69, 9.17) is 0 Å². The summed E-state index contributed by atoms with van der Waals surface area (Å²) < 4.78 is 2.22. The average molecular weight is 447 g/mol. The summed E-state index contributed by atoms with van der Waals surface area (Å²) in [6, 6.07) is 24.5. The Morgan fingerprint density at radius 3 is 2.42 bits per heavy atom. The van der Waals surface area contributed by atoms with Crippen molar-refractivity contribution < 1.29 is 4.79 Å². The first-order valence-corrected chi connectivity index (χ1v) is 12.2. The number of carbonyl (C=O) groups excluding carboxylic acids is 1. The number of thioether (sulfide) groups is 1. The molecule has 0 radical (unpaired) electrons. The van der Waals surface area contributed by atoms with Crippen molar-refractivity contribution in [1.29, 1.82) is 0 Å². The van der Waals surface area contributed by atoms with Crippen LogP contribution in [-0.2, 0) is 11.3 Å². The minimum absolute atomic E-state index is 0.0584. The van der Waals surface area contributed by atoms with E-state index < -0.39 is 0 Å². The van der Waals surface area contributed by atoms with Gasteiger partial charge < -0.3 is 4.90 Å². The summed E-state index contributed by atoms with van der Waals surface area (Å²) in [5, 5.41) is 11.8. The maximum atomic E-state index is 13.3. The molecule has 5 nitrogen and oxygen atoms in total. The summed E-state index contributed by atoms with van der Waals surface area (Å²) in [4.78, 5) is 16.3. The Balaban J connectivity index is 1.36. The smallest absolute Gasteiger partial charge is 0.237 e. The van der Waals surface area contributed by atoms with Crippen LogP contribution in [0, 0.1) is 0 Å². The normalized spacial score (nSPS) is 13.3. The van der Waals surface area contributed by atoms with Gasteiger partial charge in [-0.05, 0) is 42.0 Å². The molecule has 0 bridgehead atoms. The lowest BCUT2D eigenvalue weighted by Gasteiger charge is -2.23. The fourth-order valence-corrected chi connectivity index (χ4v) is 5.10. The molecule has 2 aromatic carbocycles. The van der Waals surface area contributed by atoms with Crippen molar-refractivity contribution in [3.8, 4) is 10.7 Å². The molecule has 156 valence electrons. The first-order chi connectivity index (χ1) is 15.3. The summed E-state index contributed by atoms with van der Waals surface area (Å²) in [6.07, 6.45) is 2.28. The van der Waals surface area contributed by atoms with E-state index in [2.05, 4.69) is 26.2 Å². The van der Waals surface area contributed by atoms with Crippen molar-refractivity contribution in [2.24, 2.45) is 0 Å². The fraction of sp³-hybridized carbons (Fsp3) is 0.208. The van der Waals surface area contributed by atoms with Gasteiger partial charge in [0.1, 0.15) is 0 Å². The van der Waals surface area contributed by atoms with Gasteiger partial charge >= 0.3 is 0 Å². The zero-order valence-electron chi connectivity index (χ0n) is 16.9. The summed E-state index contributed by atoms with van der Waals surface area (Å²) in [5.41, 5.74) is 2.01. The molecule has 1 aliphatic carbocycles. The van der Waals surface area contributed by atoms with Crippen LogP contribution in [0.15, 0.2) is 83.3 Å². The molecular formula is C24H22N4OS2. The molecule has 1 aliphatic rings. The molecule has 0 spiro atoms. The number of amides is 1. The number of carbonyl (C=O) groups is 1. The maximum absolute atomic E-state index is 13.3. The highest BCUT2D eigenvalue weighted by molar-refractivity contribution is 7.99. The monoisotopic (exact) mass is 446 g/mol. The molecular weight excluding hydrogens is 424 g/mol. The number of rotatable bonds is 8. The number of hydrogen-bond donors (Lipinski definition) is 0. The highest BCUT2D eigenvalue weighted by atomic mass is 32.2. The molecule has 1 saturated carbocycles.